The van der Waals surface area contributed by atoms with Gasteiger partial charge in [-0.3, -0.25) is 9.36 Å². The van der Waals surface area contributed by atoms with Crippen LogP contribution in [-0.2, 0) is 27.1 Å². The van der Waals surface area contributed by atoms with Gasteiger partial charge in [-0.15, -0.1) is 0 Å². The Morgan fingerprint density at radius 2 is 2.09 bits per heavy atom. The van der Waals surface area contributed by atoms with Crippen LogP contribution in [0.4, 0.5) is 17.5 Å². The number of fused-ring (bicyclic) bond motifs is 1. The zero-order valence-corrected chi connectivity index (χ0v) is 18.2. The number of carbonyl (C=O) groups excluding carboxylic acids is 1. The topological polar surface area (TPSA) is 178 Å². The number of aliphatic hydroxyl groups is 3. The number of hydrogen-bond acceptors (Lipinski definition) is 11. The van der Waals surface area contributed by atoms with Crippen molar-refractivity contribution in [3.63, 3.8) is 0 Å². The maximum atomic E-state index is 11.7. The van der Waals surface area contributed by atoms with Crippen LogP contribution in [0.25, 0.3) is 11.2 Å². The van der Waals surface area contributed by atoms with Gasteiger partial charge in [0.25, 0.3) is 0 Å². The van der Waals surface area contributed by atoms with Gasteiger partial charge in [0, 0.05) is 5.69 Å². The Hall–Kier alpha value is -3.32. The molecule has 2 aromatic heterocycles. The van der Waals surface area contributed by atoms with Gasteiger partial charge in [-0.2, -0.15) is 9.97 Å². The van der Waals surface area contributed by atoms with E-state index in [1.807, 2.05) is 25.1 Å². The van der Waals surface area contributed by atoms with Gasteiger partial charge in [0.1, 0.15) is 23.8 Å². The highest BCUT2D eigenvalue weighted by Crippen LogP contribution is 2.32. The van der Waals surface area contributed by atoms with Gasteiger partial charge >= 0.3 is 5.97 Å². The summed E-state index contributed by atoms with van der Waals surface area (Å²) in [5.41, 5.74) is 9.12. The van der Waals surface area contributed by atoms with Crippen LogP contribution in [0.15, 0.2) is 24.5 Å². The highest BCUT2D eigenvalue weighted by Gasteiger charge is 2.44. The molecule has 6 N–H and O–H groups in total. The zero-order valence-electron chi connectivity index (χ0n) is 18.2. The second-order valence-electron chi connectivity index (χ2n) is 7.71. The molecule has 0 aliphatic carbocycles. The van der Waals surface area contributed by atoms with Crippen molar-refractivity contribution in [1.29, 1.82) is 0 Å². The van der Waals surface area contributed by atoms with Crippen LogP contribution in [0.1, 0.15) is 24.3 Å². The van der Waals surface area contributed by atoms with Crippen LogP contribution in [0, 0.1) is 0 Å². The molecule has 4 atom stereocenters. The van der Waals surface area contributed by atoms with Crippen molar-refractivity contribution >= 4 is 34.6 Å². The second-order valence-corrected chi connectivity index (χ2v) is 7.71. The van der Waals surface area contributed by atoms with Crippen LogP contribution in [0.2, 0.25) is 0 Å². The molecule has 1 aromatic carbocycles. The van der Waals surface area contributed by atoms with Crippen molar-refractivity contribution in [1.82, 2.24) is 19.5 Å². The van der Waals surface area contributed by atoms with Crippen molar-refractivity contribution in [3.8, 4) is 0 Å². The molecular weight excluding hydrogens is 432 g/mol. The predicted octanol–water partition coefficient (Wildman–Crippen LogP) is 0.0415. The number of anilines is 3. The Morgan fingerprint density at radius 3 is 2.76 bits per heavy atom. The number of hydrogen-bond donors (Lipinski definition) is 5. The Labute approximate surface area is 189 Å². The third-order valence-electron chi connectivity index (χ3n) is 5.62. The zero-order chi connectivity index (χ0) is 23.7. The fourth-order valence-corrected chi connectivity index (χ4v) is 3.81. The lowest BCUT2D eigenvalue weighted by Gasteiger charge is -2.17. The molecule has 1 fully saturated rings. The van der Waals surface area contributed by atoms with E-state index < -0.39 is 31.1 Å². The number of nitrogens with one attached hydrogen (secondary N) is 1. The van der Waals surface area contributed by atoms with Gasteiger partial charge in [0.05, 0.1) is 26.5 Å². The maximum Gasteiger partial charge on any atom is 0.309 e. The van der Waals surface area contributed by atoms with Gasteiger partial charge in [-0.1, -0.05) is 19.1 Å². The number of carbonyl (C=O) groups is 1. The Kier molecular flexibility index (Phi) is 6.42. The lowest BCUT2D eigenvalue weighted by molar-refractivity contribution is -0.139. The third-order valence-corrected chi connectivity index (χ3v) is 5.62. The molecule has 0 unspecified atom stereocenters. The lowest BCUT2D eigenvalue weighted by Crippen LogP contribution is -2.33. The van der Waals surface area contributed by atoms with Crippen molar-refractivity contribution in [2.24, 2.45) is 0 Å². The lowest BCUT2D eigenvalue weighted by atomic mass is 10.0. The molecule has 4 rings (SSSR count). The number of methoxy groups -OCH3 is 1. The number of nitrogens with two attached hydrogens (primary N) is 1. The number of rotatable bonds is 7. The second kappa shape index (κ2) is 9.27. The van der Waals surface area contributed by atoms with Crippen LogP contribution >= 0.6 is 0 Å². The van der Waals surface area contributed by atoms with Crippen LogP contribution < -0.4 is 11.1 Å². The van der Waals surface area contributed by atoms with Crippen molar-refractivity contribution in [2.45, 2.75) is 44.3 Å². The predicted molar refractivity (Wildman–Crippen MR) is 118 cm³/mol. The van der Waals surface area contributed by atoms with Gasteiger partial charge in [0.15, 0.2) is 17.7 Å². The van der Waals surface area contributed by atoms with E-state index in [2.05, 4.69) is 20.3 Å². The Bertz CT molecular complexity index is 1170. The number of imidazole rings is 1. The molecule has 33 heavy (non-hydrogen) atoms. The summed E-state index contributed by atoms with van der Waals surface area (Å²) in [6.45, 7) is 1.54. The van der Waals surface area contributed by atoms with Crippen molar-refractivity contribution in [2.75, 3.05) is 24.8 Å². The smallest absolute Gasteiger partial charge is 0.309 e. The highest BCUT2D eigenvalue weighted by molar-refractivity contribution is 5.83. The third kappa shape index (κ3) is 4.33. The van der Waals surface area contributed by atoms with Gasteiger partial charge in [-0.05, 0) is 23.6 Å². The molecule has 0 amide bonds. The number of benzene rings is 1. The number of esters is 1. The molecule has 12 heteroatoms. The number of aromatic nitrogens is 4. The first kappa shape index (κ1) is 22.9. The van der Waals surface area contributed by atoms with Gasteiger partial charge in [0.2, 0.25) is 5.95 Å². The first-order chi connectivity index (χ1) is 15.9. The average molecular weight is 458 g/mol. The molecule has 1 saturated heterocycles. The van der Waals surface area contributed by atoms with Gasteiger partial charge < -0.3 is 35.8 Å². The molecule has 176 valence electrons. The Morgan fingerprint density at radius 1 is 1.30 bits per heavy atom. The molecule has 1 aliphatic heterocycles. The van der Waals surface area contributed by atoms with Crippen molar-refractivity contribution < 1.29 is 29.6 Å². The summed E-state index contributed by atoms with van der Waals surface area (Å²) in [5.74, 6) is -0.0651. The first-order valence-corrected chi connectivity index (χ1v) is 10.4. The number of aryl methyl sites for hydroxylation is 1. The van der Waals surface area contributed by atoms with E-state index in [1.165, 1.54) is 18.0 Å². The summed E-state index contributed by atoms with van der Waals surface area (Å²) < 4.78 is 11.8. The molecule has 0 spiro atoms. The highest BCUT2D eigenvalue weighted by atomic mass is 16.6. The molecular formula is C21H26N6O6. The number of nitrogens with zero attached hydrogens (tertiary/aromatic N) is 4. The number of nitrogen functional groups attached to an aromatic ring is 1. The first-order valence-electron chi connectivity index (χ1n) is 10.4. The van der Waals surface area contributed by atoms with Gasteiger partial charge in [-0.25, -0.2) is 4.98 Å². The summed E-state index contributed by atoms with van der Waals surface area (Å²) in [7, 11) is 1.34. The molecule has 0 bridgehead atoms. The Balaban J connectivity index is 1.69. The summed E-state index contributed by atoms with van der Waals surface area (Å²) >= 11 is 0. The van der Waals surface area contributed by atoms with Crippen molar-refractivity contribution in [3.05, 3.63) is 35.7 Å². The fourth-order valence-electron chi connectivity index (χ4n) is 3.81. The van der Waals surface area contributed by atoms with E-state index in [1.54, 1.807) is 0 Å². The largest absolute Gasteiger partial charge is 0.469 e. The fraction of sp³-hybridized carbons (Fsp3) is 0.429. The monoisotopic (exact) mass is 458 g/mol. The minimum Gasteiger partial charge on any atom is -0.469 e. The summed E-state index contributed by atoms with van der Waals surface area (Å²) in [6.07, 6.45) is -2.29. The summed E-state index contributed by atoms with van der Waals surface area (Å²) in [4.78, 5) is 24.7. The van der Waals surface area contributed by atoms with E-state index in [9.17, 15) is 20.1 Å². The standard InChI is InChI=1S/C21H26N6O6/c1-3-11-5-4-10(7-14(29)32-2)6-12(11)24-21-25-18(22)15-19(26-21)27(9-23-15)20-17(31)16(30)13(8-28)33-20/h4-6,9,13,16-17,20,28,30-31H,3,7-8H2,1-2H3,(H3,22,24,25,26)/t13-,16-,17-,20-/m1/s1. The minimum atomic E-state index is -1.30. The number of ether oxygens (including phenoxy) is 2. The minimum absolute atomic E-state index is 0.108. The van der Waals surface area contributed by atoms with Crippen LogP contribution in [-0.4, -0.2) is 72.8 Å². The van der Waals surface area contributed by atoms with E-state index >= 15 is 0 Å². The van der Waals surface area contributed by atoms with Crippen LogP contribution in [0.3, 0.4) is 0 Å². The van der Waals surface area contributed by atoms with E-state index in [0.717, 1.165) is 17.5 Å². The molecule has 3 heterocycles. The normalized spacial score (nSPS) is 22.6. The average Bonchev–Trinajstić information content (AvgIpc) is 3.35. The number of aliphatic hydroxyl groups excluding tert-OH is 3. The molecule has 12 nitrogen and oxygen atoms in total. The maximum absolute atomic E-state index is 11.7. The van der Waals surface area contributed by atoms with E-state index in [-0.39, 0.29) is 29.8 Å². The summed E-state index contributed by atoms with van der Waals surface area (Å²) in [6, 6.07) is 5.59. The molecule has 1 aliphatic rings. The SMILES string of the molecule is CCc1ccc(CC(=O)OC)cc1Nc1nc(N)c2ncn([C@@H]3O[C@H](CO)[C@@H](O)[C@H]3O)c2n1. The molecule has 0 saturated carbocycles. The summed E-state index contributed by atoms with van der Waals surface area (Å²) in [5, 5.41) is 33.0. The molecule has 0 radical (unpaired) electrons. The quantitative estimate of drug-likeness (QED) is 0.302. The van der Waals surface area contributed by atoms with Crippen LogP contribution in [0.5, 0.6) is 0 Å². The van der Waals surface area contributed by atoms with E-state index in [0.29, 0.717) is 11.2 Å². The molecule has 3 aromatic rings. The van der Waals surface area contributed by atoms with E-state index in [4.69, 9.17) is 15.2 Å².